The third-order valence-corrected chi connectivity index (χ3v) is 11.1. The summed E-state index contributed by atoms with van der Waals surface area (Å²) in [6.45, 7) is 5.82. The van der Waals surface area contributed by atoms with Gasteiger partial charge in [0.25, 0.3) is 0 Å². The van der Waals surface area contributed by atoms with Crippen molar-refractivity contribution in [1.29, 1.82) is 0 Å². The van der Waals surface area contributed by atoms with Gasteiger partial charge in [-0.3, -0.25) is 9.97 Å². The van der Waals surface area contributed by atoms with E-state index in [0.717, 1.165) is 48.5 Å². The molecule has 5 aromatic heterocycles. The molecule has 0 radical (unpaired) electrons. The molecule has 6 aromatic rings. The maximum Gasteiger partial charge on any atom is 0.163 e. The zero-order valence-electron chi connectivity index (χ0n) is 36.3. The van der Waals surface area contributed by atoms with E-state index in [4.69, 9.17) is 29.4 Å². The largest absolute Gasteiger partial charge is 0.490 e. The van der Waals surface area contributed by atoms with Gasteiger partial charge in [0.1, 0.15) is 11.4 Å². The lowest BCUT2D eigenvalue weighted by Crippen LogP contribution is -2.05. The molecule has 0 bridgehead atoms. The highest BCUT2D eigenvalue weighted by atomic mass is 16.5. The molecule has 0 saturated heterocycles. The van der Waals surface area contributed by atoms with Gasteiger partial charge in [-0.15, -0.1) is 0 Å². The average molecular weight is 807 g/mol. The second kappa shape index (κ2) is 25.4. The molecule has 60 heavy (non-hydrogen) atoms. The van der Waals surface area contributed by atoms with Crippen LogP contribution in [0.2, 0.25) is 0 Å². The van der Waals surface area contributed by atoms with Crippen LogP contribution >= 0.6 is 0 Å². The zero-order valence-corrected chi connectivity index (χ0v) is 36.3. The topological polar surface area (TPSA) is 95.8 Å². The Hall–Kier alpha value is -5.24. The molecule has 5 heterocycles. The van der Waals surface area contributed by atoms with Crippen LogP contribution in [0.1, 0.15) is 142 Å². The predicted octanol–water partition coefficient (Wildman–Crippen LogP) is 14.5. The van der Waals surface area contributed by atoms with Crippen molar-refractivity contribution < 1.29 is 9.47 Å². The molecule has 316 valence electrons. The Morgan fingerprint density at radius 1 is 0.350 bits per heavy atom. The summed E-state index contributed by atoms with van der Waals surface area (Å²) in [7, 11) is 0. The van der Waals surface area contributed by atoms with E-state index in [2.05, 4.69) is 23.8 Å². The van der Waals surface area contributed by atoms with E-state index in [1.807, 2.05) is 84.9 Å². The van der Waals surface area contributed by atoms with Crippen LogP contribution in [0, 0.1) is 0 Å². The second-order valence-electron chi connectivity index (χ2n) is 16.0. The number of nitrogens with zero attached hydrogens (tertiary/aromatic N) is 6. The van der Waals surface area contributed by atoms with Gasteiger partial charge in [-0.25, -0.2) is 19.9 Å². The number of pyridine rings is 4. The van der Waals surface area contributed by atoms with Gasteiger partial charge in [0, 0.05) is 24.5 Å². The van der Waals surface area contributed by atoms with Crippen molar-refractivity contribution in [2.75, 3.05) is 13.2 Å². The van der Waals surface area contributed by atoms with Crippen molar-refractivity contribution in [1.82, 2.24) is 29.9 Å². The first-order valence-corrected chi connectivity index (χ1v) is 23.1. The Morgan fingerprint density at radius 2 is 0.700 bits per heavy atom. The number of fused-ring (bicyclic) bond motifs is 1. The summed E-state index contributed by atoms with van der Waals surface area (Å²) in [6, 6.07) is 27.6. The van der Waals surface area contributed by atoms with Gasteiger partial charge in [0.2, 0.25) is 0 Å². The number of hydrogen-bond acceptors (Lipinski definition) is 8. The summed E-state index contributed by atoms with van der Waals surface area (Å²) in [4.78, 5) is 29.8. The second-order valence-corrected chi connectivity index (χ2v) is 16.0. The lowest BCUT2D eigenvalue weighted by atomic mass is 10.1. The van der Waals surface area contributed by atoms with Crippen molar-refractivity contribution in [2.45, 2.75) is 142 Å². The Labute approximate surface area is 359 Å². The first kappa shape index (κ1) is 44.3. The molecular formula is C52H66N6O2. The first-order valence-electron chi connectivity index (χ1n) is 23.1. The molecule has 0 saturated carbocycles. The highest BCUT2D eigenvalue weighted by Crippen LogP contribution is 2.36. The lowest BCUT2D eigenvalue weighted by molar-refractivity contribution is 0.259. The molecule has 0 aliphatic carbocycles. The summed E-state index contributed by atoms with van der Waals surface area (Å²) >= 11 is 0. The van der Waals surface area contributed by atoms with Crippen molar-refractivity contribution in [3.63, 3.8) is 0 Å². The maximum absolute atomic E-state index is 6.53. The van der Waals surface area contributed by atoms with Crippen LogP contribution < -0.4 is 9.47 Å². The van der Waals surface area contributed by atoms with Gasteiger partial charge >= 0.3 is 0 Å². The molecule has 0 amide bonds. The normalized spacial score (nSPS) is 11.3. The minimum atomic E-state index is 0.630. The van der Waals surface area contributed by atoms with E-state index < -0.39 is 0 Å². The van der Waals surface area contributed by atoms with Gasteiger partial charge in [0.15, 0.2) is 11.5 Å². The Kier molecular flexibility index (Phi) is 18.8. The van der Waals surface area contributed by atoms with Gasteiger partial charge < -0.3 is 9.47 Å². The van der Waals surface area contributed by atoms with Crippen LogP contribution in [-0.4, -0.2) is 43.1 Å². The number of rotatable bonds is 28. The van der Waals surface area contributed by atoms with Crippen LogP contribution in [0.4, 0.5) is 0 Å². The third-order valence-electron chi connectivity index (χ3n) is 11.1. The monoisotopic (exact) mass is 807 g/mol. The van der Waals surface area contributed by atoms with Crippen molar-refractivity contribution >= 4 is 11.0 Å². The minimum Gasteiger partial charge on any atom is -0.490 e. The molecule has 6 rings (SSSR count). The number of unbranched alkanes of at least 4 members (excludes halogenated alkanes) is 18. The zero-order chi connectivity index (χ0) is 41.5. The SMILES string of the molecule is CCCCCCCCCCCCOc1cc2nc(-c3cccc(-c4ccccn4)n3)c(-c3cccc(-c4ccccn4)n3)nc2cc1OCCCCCCCCCCCC. The number of hydrogen-bond donors (Lipinski definition) is 0. The molecular weight excluding hydrogens is 741 g/mol. The lowest BCUT2D eigenvalue weighted by Gasteiger charge is -2.16. The summed E-state index contributed by atoms with van der Waals surface area (Å²) < 4.78 is 13.1. The van der Waals surface area contributed by atoms with Crippen LogP contribution in [0.3, 0.4) is 0 Å². The Bertz CT molecular complexity index is 1980. The Morgan fingerprint density at radius 3 is 1.07 bits per heavy atom. The smallest absolute Gasteiger partial charge is 0.163 e. The van der Waals surface area contributed by atoms with E-state index in [-0.39, 0.29) is 0 Å². The highest BCUT2D eigenvalue weighted by Gasteiger charge is 2.20. The standard InChI is InChI=1S/C52H66N6O2/c1-3-5-7-9-11-13-15-17-19-25-37-59-49-39-47-48(40-50(49)60-38-26-20-18-16-14-12-10-8-6-4-2)58-52(46-34-28-32-44(56-46)42-30-22-24-36-54-42)51(57-47)45-33-27-31-43(55-45)41-29-21-23-35-53-41/h21-24,27-36,39-40H,3-20,25-26,37-38H2,1-2H3. The minimum absolute atomic E-state index is 0.630. The first-order chi connectivity index (χ1) is 29.7. The number of ether oxygens (including phenoxy) is 2. The van der Waals surface area contributed by atoms with Crippen LogP contribution in [0.5, 0.6) is 11.5 Å². The van der Waals surface area contributed by atoms with Crippen molar-refractivity contribution in [3.8, 4) is 57.1 Å². The van der Waals surface area contributed by atoms with Crippen molar-refractivity contribution in [2.24, 2.45) is 0 Å². The summed E-state index contributed by atoms with van der Waals surface area (Å²) in [5.74, 6) is 1.42. The fraction of sp³-hybridized carbons (Fsp3) is 0.462. The molecule has 8 heteroatoms. The van der Waals surface area contributed by atoms with Crippen LogP contribution in [0.15, 0.2) is 97.3 Å². The quantitative estimate of drug-likeness (QED) is 0.0452. The summed E-state index contributed by atoms with van der Waals surface area (Å²) in [5, 5.41) is 0. The van der Waals surface area contributed by atoms with Gasteiger partial charge in [-0.1, -0.05) is 154 Å². The number of benzene rings is 1. The molecule has 0 spiro atoms. The summed E-state index contributed by atoms with van der Waals surface area (Å²) in [6.07, 6.45) is 29.1. The van der Waals surface area contributed by atoms with E-state index >= 15 is 0 Å². The fourth-order valence-corrected chi connectivity index (χ4v) is 7.64. The molecule has 8 nitrogen and oxygen atoms in total. The van der Waals surface area contributed by atoms with Crippen LogP contribution in [0.25, 0.3) is 56.6 Å². The van der Waals surface area contributed by atoms with Gasteiger partial charge in [-0.05, 0) is 61.4 Å². The maximum atomic E-state index is 6.53. The highest BCUT2D eigenvalue weighted by molar-refractivity contribution is 5.87. The Balaban J connectivity index is 1.25. The summed E-state index contributed by atoms with van der Waals surface area (Å²) in [5.41, 5.74) is 7.14. The third kappa shape index (κ3) is 13.9. The molecule has 0 atom stereocenters. The molecule has 0 aliphatic rings. The van der Waals surface area contributed by atoms with Gasteiger partial charge in [-0.2, -0.15) is 0 Å². The predicted molar refractivity (Wildman–Crippen MR) is 247 cm³/mol. The van der Waals surface area contributed by atoms with Crippen LogP contribution in [-0.2, 0) is 0 Å². The van der Waals surface area contributed by atoms with E-state index in [1.54, 1.807) is 12.4 Å². The molecule has 0 N–H and O–H groups in total. The molecule has 1 aromatic carbocycles. The van der Waals surface area contributed by atoms with Gasteiger partial charge in [0.05, 0.1) is 58.4 Å². The average Bonchev–Trinajstić information content (AvgIpc) is 3.30. The van der Waals surface area contributed by atoms with E-state index in [9.17, 15) is 0 Å². The molecule has 0 unspecified atom stereocenters. The molecule has 0 aliphatic heterocycles. The molecule has 0 fully saturated rings. The fourth-order valence-electron chi connectivity index (χ4n) is 7.64. The number of aromatic nitrogens is 6. The van der Waals surface area contributed by atoms with E-state index in [0.29, 0.717) is 58.5 Å². The van der Waals surface area contributed by atoms with Crippen molar-refractivity contribution in [3.05, 3.63) is 97.3 Å². The van der Waals surface area contributed by atoms with E-state index in [1.165, 1.54) is 103 Å².